The van der Waals surface area contributed by atoms with Gasteiger partial charge in [-0.05, 0) is 18.6 Å². The fourth-order valence-electron chi connectivity index (χ4n) is 2.98. The van der Waals surface area contributed by atoms with Crippen LogP contribution in [0.1, 0.15) is 32.1 Å². The van der Waals surface area contributed by atoms with Gasteiger partial charge in [-0.2, -0.15) is 5.10 Å². The van der Waals surface area contributed by atoms with Crippen molar-refractivity contribution in [2.24, 2.45) is 0 Å². The molecule has 1 aliphatic heterocycles. The second-order valence-corrected chi connectivity index (χ2v) is 5.54. The quantitative estimate of drug-likeness (QED) is 0.842. The van der Waals surface area contributed by atoms with Crippen molar-refractivity contribution in [3.63, 3.8) is 0 Å². The highest BCUT2D eigenvalue weighted by Gasteiger charge is 2.30. The van der Waals surface area contributed by atoms with Crippen LogP contribution in [-0.2, 0) is 17.7 Å². The number of aromatic nitrogens is 2. The molecule has 0 fully saturated rings. The minimum atomic E-state index is -0.483. The van der Waals surface area contributed by atoms with Crippen molar-refractivity contribution in [2.45, 2.75) is 13.0 Å². The maximum Gasteiger partial charge on any atom is 0.358 e. The van der Waals surface area contributed by atoms with Gasteiger partial charge in [-0.15, -0.1) is 0 Å². The number of esters is 1. The number of rotatable bonds is 4. The first-order valence-corrected chi connectivity index (χ1v) is 7.75. The van der Waals surface area contributed by atoms with Gasteiger partial charge in [-0.25, -0.2) is 4.79 Å². The van der Waals surface area contributed by atoms with Crippen LogP contribution < -0.4 is 9.47 Å². The van der Waals surface area contributed by atoms with E-state index in [1.807, 2.05) is 0 Å². The number of benzene rings is 1. The molecule has 0 saturated heterocycles. The lowest BCUT2D eigenvalue weighted by Gasteiger charge is -2.28. The van der Waals surface area contributed by atoms with Crippen LogP contribution in [0.3, 0.4) is 0 Å². The lowest BCUT2D eigenvalue weighted by atomic mass is 10.0. The van der Waals surface area contributed by atoms with Crippen molar-refractivity contribution < 1.29 is 23.8 Å². The van der Waals surface area contributed by atoms with Gasteiger partial charge in [0.1, 0.15) is 17.1 Å². The van der Waals surface area contributed by atoms with Gasteiger partial charge in [0.2, 0.25) is 0 Å². The number of aromatic amines is 1. The molecule has 3 rings (SSSR count). The Morgan fingerprint density at radius 2 is 1.84 bits per heavy atom. The minimum Gasteiger partial charge on any atom is -0.496 e. The molecule has 1 aliphatic rings. The molecule has 0 bridgehead atoms. The molecule has 132 valence electrons. The third-order valence-electron chi connectivity index (χ3n) is 4.24. The maximum atomic E-state index is 13.0. The molecular formula is C17H19N3O5. The summed E-state index contributed by atoms with van der Waals surface area (Å²) in [5.41, 5.74) is 2.18. The van der Waals surface area contributed by atoms with E-state index in [1.54, 1.807) is 23.1 Å². The predicted molar refractivity (Wildman–Crippen MR) is 87.9 cm³/mol. The number of carbonyl (C=O) groups excluding carboxylic acids is 2. The highest BCUT2D eigenvalue weighted by molar-refractivity contribution is 6.00. The first-order chi connectivity index (χ1) is 12.1. The smallest absolute Gasteiger partial charge is 0.358 e. The average molecular weight is 345 g/mol. The fourth-order valence-corrected chi connectivity index (χ4v) is 2.98. The first kappa shape index (κ1) is 16.8. The lowest BCUT2D eigenvalue weighted by molar-refractivity contribution is 0.0592. The molecule has 8 nitrogen and oxygen atoms in total. The summed E-state index contributed by atoms with van der Waals surface area (Å²) in [4.78, 5) is 26.4. The number of nitrogens with zero attached hydrogens (tertiary/aromatic N) is 2. The largest absolute Gasteiger partial charge is 0.496 e. The van der Waals surface area contributed by atoms with Gasteiger partial charge in [0.15, 0.2) is 5.69 Å². The summed E-state index contributed by atoms with van der Waals surface area (Å²) < 4.78 is 15.4. The normalized spacial score (nSPS) is 13.2. The number of methoxy groups -OCH3 is 3. The molecule has 0 saturated carbocycles. The van der Waals surface area contributed by atoms with Crippen molar-refractivity contribution >= 4 is 11.9 Å². The summed E-state index contributed by atoms with van der Waals surface area (Å²) >= 11 is 0. The topological polar surface area (TPSA) is 93.8 Å². The Morgan fingerprint density at radius 1 is 1.16 bits per heavy atom. The Morgan fingerprint density at radius 3 is 2.44 bits per heavy atom. The molecule has 8 heteroatoms. The average Bonchev–Trinajstić information content (AvgIpc) is 3.09. The van der Waals surface area contributed by atoms with Gasteiger partial charge < -0.3 is 19.1 Å². The minimum absolute atomic E-state index is 0.200. The number of ether oxygens (including phenoxy) is 3. The van der Waals surface area contributed by atoms with Crippen molar-refractivity contribution in [3.8, 4) is 11.5 Å². The summed E-state index contributed by atoms with van der Waals surface area (Å²) in [7, 11) is 4.34. The SMILES string of the molecule is COC(=O)c1n[nH]c2c1CCN(C(=O)c1c(OC)cccc1OC)C2. The lowest BCUT2D eigenvalue weighted by Crippen LogP contribution is -2.36. The molecule has 0 atom stereocenters. The van der Waals surface area contributed by atoms with Crippen LogP contribution in [0.5, 0.6) is 11.5 Å². The van der Waals surface area contributed by atoms with E-state index >= 15 is 0 Å². The summed E-state index contributed by atoms with van der Waals surface area (Å²) in [5, 5.41) is 6.84. The highest BCUT2D eigenvalue weighted by atomic mass is 16.5. The van der Waals surface area contributed by atoms with Crippen LogP contribution in [0.15, 0.2) is 18.2 Å². The summed E-state index contributed by atoms with van der Waals surface area (Å²) in [6.07, 6.45) is 0.513. The van der Waals surface area contributed by atoms with Crippen LogP contribution in [0.2, 0.25) is 0 Å². The van der Waals surface area contributed by atoms with Crippen molar-refractivity contribution in [1.29, 1.82) is 0 Å². The number of carbonyl (C=O) groups is 2. The number of nitrogens with one attached hydrogen (secondary N) is 1. The van der Waals surface area contributed by atoms with Crippen molar-refractivity contribution in [3.05, 3.63) is 40.7 Å². The van der Waals surface area contributed by atoms with E-state index < -0.39 is 5.97 Å². The molecular weight excluding hydrogens is 326 g/mol. The summed E-state index contributed by atoms with van der Waals surface area (Å²) in [5.74, 6) is 0.225. The van der Waals surface area contributed by atoms with Gasteiger partial charge in [0, 0.05) is 12.1 Å². The molecule has 0 unspecified atom stereocenters. The van der Waals surface area contributed by atoms with Gasteiger partial charge in [-0.3, -0.25) is 9.89 Å². The summed E-state index contributed by atoms with van der Waals surface area (Å²) in [6, 6.07) is 5.20. The molecule has 0 radical (unpaired) electrons. The molecule has 1 N–H and O–H groups in total. The number of fused-ring (bicyclic) bond motifs is 1. The molecule has 0 aliphatic carbocycles. The molecule has 1 aromatic carbocycles. The molecule has 1 aromatic heterocycles. The second kappa shape index (κ2) is 6.84. The third-order valence-corrected chi connectivity index (χ3v) is 4.24. The molecule has 25 heavy (non-hydrogen) atoms. The standard InChI is InChI=1S/C17H19N3O5/c1-23-12-5-4-6-13(24-2)14(12)16(21)20-8-7-10-11(9-20)18-19-15(10)17(22)25-3/h4-6H,7-9H2,1-3H3,(H,18,19). The number of amides is 1. The second-order valence-electron chi connectivity index (χ2n) is 5.54. The third kappa shape index (κ3) is 2.90. The summed E-state index contributed by atoms with van der Waals surface area (Å²) in [6.45, 7) is 0.774. The zero-order chi connectivity index (χ0) is 18.0. The molecule has 0 spiro atoms. The van der Waals surface area contributed by atoms with Crippen LogP contribution in [0.4, 0.5) is 0 Å². The zero-order valence-corrected chi connectivity index (χ0v) is 14.3. The van der Waals surface area contributed by atoms with E-state index in [9.17, 15) is 9.59 Å². The Bertz CT molecular complexity index is 792. The van der Waals surface area contributed by atoms with Crippen LogP contribution in [0.25, 0.3) is 0 Å². The number of H-pyrrole nitrogens is 1. The Hall–Kier alpha value is -3.03. The Balaban J connectivity index is 1.89. The van der Waals surface area contributed by atoms with E-state index in [1.165, 1.54) is 21.3 Å². The monoisotopic (exact) mass is 345 g/mol. The Labute approximate surface area is 144 Å². The highest BCUT2D eigenvalue weighted by Crippen LogP contribution is 2.31. The number of hydrogen-bond acceptors (Lipinski definition) is 6. The van der Waals surface area contributed by atoms with E-state index in [-0.39, 0.29) is 11.6 Å². The fraction of sp³-hybridized carbons (Fsp3) is 0.353. The molecule has 2 aromatic rings. The van der Waals surface area contributed by atoms with Gasteiger partial charge in [0.25, 0.3) is 5.91 Å². The van der Waals surface area contributed by atoms with Crippen molar-refractivity contribution in [2.75, 3.05) is 27.9 Å². The predicted octanol–water partition coefficient (Wildman–Crippen LogP) is 1.41. The van der Waals surface area contributed by atoms with Crippen LogP contribution in [-0.4, -0.2) is 54.8 Å². The molecule has 2 heterocycles. The van der Waals surface area contributed by atoms with E-state index in [0.29, 0.717) is 36.6 Å². The first-order valence-electron chi connectivity index (χ1n) is 7.75. The van der Waals surface area contributed by atoms with Gasteiger partial charge in [0.05, 0.1) is 33.6 Å². The zero-order valence-electron chi connectivity index (χ0n) is 14.3. The number of hydrogen-bond donors (Lipinski definition) is 1. The maximum absolute atomic E-state index is 13.0. The van der Waals surface area contributed by atoms with Gasteiger partial charge in [-0.1, -0.05) is 6.07 Å². The van der Waals surface area contributed by atoms with Crippen LogP contribution in [0, 0.1) is 0 Å². The van der Waals surface area contributed by atoms with E-state index in [2.05, 4.69) is 10.2 Å². The molecule has 1 amide bonds. The van der Waals surface area contributed by atoms with E-state index in [0.717, 1.165) is 11.3 Å². The van der Waals surface area contributed by atoms with Gasteiger partial charge >= 0.3 is 5.97 Å². The Kier molecular flexibility index (Phi) is 4.60. The van der Waals surface area contributed by atoms with E-state index in [4.69, 9.17) is 14.2 Å². The van der Waals surface area contributed by atoms with Crippen LogP contribution >= 0.6 is 0 Å². The van der Waals surface area contributed by atoms with Crippen molar-refractivity contribution in [1.82, 2.24) is 15.1 Å².